The number of likely N-dealkylation sites (N-methyl/N-ethyl adjacent to an activating group) is 1. The van der Waals surface area contributed by atoms with E-state index in [0.717, 1.165) is 31.8 Å². The van der Waals surface area contributed by atoms with Crippen LogP contribution >= 0.6 is 0 Å². The zero-order valence-corrected chi connectivity index (χ0v) is 9.86. The summed E-state index contributed by atoms with van der Waals surface area (Å²) in [5.41, 5.74) is 0. The number of hydrogen-bond donors (Lipinski definition) is 1. The predicted molar refractivity (Wildman–Crippen MR) is 61.2 cm³/mol. The van der Waals surface area contributed by atoms with Crippen molar-refractivity contribution in [1.82, 2.24) is 15.1 Å². The molecule has 1 aromatic heterocycles. The number of nitrogens with zero attached hydrogens (tertiary/aromatic N) is 2. The Hall–Kier alpha value is -1.03. The number of aromatic nitrogens is 2. The molecule has 4 nitrogen and oxygen atoms in total. The van der Waals surface area contributed by atoms with Crippen LogP contribution in [0, 0.1) is 0 Å². The SMILES string of the molecule is CCNCC(CC)Oc1cnn(CC)c1. The molecule has 0 bridgehead atoms. The summed E-state index contributed by atoms with van der Waals surface area (Å²) in [4.78, 5) is 0. The molecule has 15 heavy (non-hydrogen) atoms. The highest BCUT2D eigenvalue weighted by Crippen LogP contribution is 2.11. The Morgan fingerprint density at radius 3 is 2.80 bits per heavy atom. The quantitative estimate of drug-likeness (QED) is 0.745. The predicted octanol–water partition coefficient (Wildman–Crippen LogP) is 1.67. The summed E-state index contributed by atoms with van der Waals surface area (Å²) in [5.74, 6) is 0.863. The molecule has 0 saturated heterocycles. The maximum absolute atomic E-state index is 5.80. The van der Waals surface area contributed by atoms with Crippen molar-refractivity contribution >= 4 is 0 Å². The van der Waals surface area contributed by atoms with Crippen LogP contribution in [0.25, 0.3) is 0 Å². The van der Waals surface area contributed by atoms with Gasteiger partial charge in [-0.15, -0.1) is 0 Å². The number of aryl methyl sites for hydroxylation is 1. The van der Waals surface area contributed by atoms with Crippen molar-refractivity contribution in [2.75, 3.05) is 13.1 Å². The zero-order chi connectivity index (χ0) is 11.1. The highest BCUT2D eigenvalue weighted by Gasteiger charge is 2.08. The fourth-order valence-electron chi connectivity index (χ4n) is 1.35. The molecule has 0 spiro atoms. The Morgan fingerprint density at radius 1 is 1.47 bits per heavy atom. The Bertz CT molecular complexity index is 273. The fraction of sp³-hybridized carbons (Fsp3) is 0.727. The van der Waals surface area contributed by atoms with E-state index in [1.54, 1.807) is 6.20 Å². The minimum atomic E-state index is 0.236. The first-order chi connectivity index (χ1) is 7.30. The molecule has 0 aliphatic heterocycles. The molecule has 0 saturated carbocycles. The van der Waals surface area contributed by atoms with Crippen molar-refractivity contribution in [2.24, 2.45) is 0 Å². The van der Waals surface area contributed by atoms with Crippen LogP contribution in [0.4, 0.5) is 0 Å². The van der Waals surface area contributed by atoms with Crippen LogP contribution in [-0.4, -0.2) is 29.0 Å². The van der Waals surface area contributed by atoms with Crippen molar-refractivity contribution in [3.8, 4) is 5.75 Å². The van der Waals surface area contributed by atoms with Gasteiger partial charge in [0, 0.05) is 13.1 Å². The van der Waals surface area contributed by atoms with Crippen molar-refractivity contribution in [3.05, 3.63) is 12.4 Å². The van der Waals surface area contributed by atoms with E-state index in [0.29, 0.717) is 0 Å². The Morgan fingerprint density at radius 2 is 2.27 bits per heavy atom. The number of hydrogen-bond acceptors (Lipinski definition) is 3. The first-order valence-corrected chi connectivity index (χ1v) is 5.69. The monoisotopic (exact) mass is 211 g/mol. The van der Waals surface area contributed by atoms with Gasteiger partial charge in [0.25, 0.3) is 0 Å². The molecule has 0 amide bonds. The van der Waals surface area contributed by atoms with E-state index in [1.165, 1.54) is 0 Å². The van der Waals surface area contributed by atoms with Gasteiger partial charge in [0.05, 0.1) is 12.4 Å². The molecule has 1 rings (SSSR count). The maximum atomic E-state index is 5.80. The lowest BCUT2D eigenvalue weighted by atomic mass is 10.3. The number of ether oxygens (including phenoxy) is 1. The van der Waals surface area contributed by atoms with Gasteiger partial charge in [-0.2, -0.15) is 5.10 Å². The lowest BCUT2D eigenvalue weighted by molar-refractivity contribution is 0.194. The first-order valence-electron chi connectivity index (χ1n) is 5.69. The van der Waals surface area contributed by atoms with Gasteiger partial charge in [0.2, 0.25) is 0 Å². The number of nitrogens with one attached hydrogen (secondary N) is 1. The molecular weight excluding hydrogens is 190 g/mol. The molecule has 86 valence electrons. The van der Waals surface area contributed by atoms with E-state index >= 15 is 0 Å². The minimum Gasteiger partial charge on any atom is -0.486 e. The van der Waals surface area contributed by atoms with Gasteiger partial charge in [-0.1, -0.05) is 13.8 Å². The van der Waals surface area contributed by atoms with Crippen molar-refractivity contribution in [1.29, 1.82) is 0 Å². The number of rotatable bonds is 7. The second-order valence-corrected chi connectivity index (χ2v) is 3.49. The molecule has 1 aromatic rings. The van der Waals surface area contributed by atoms with E-state index in [-0.39, 0.29) is 6.10 Å². The lowest BCUT2D eigenvalue weighted by Crippen LogP contribution is -2.30. The minimum absolute atomic E-state index is 0.236. The molecule has 0 radical (unpaired) electrons. The molecule has 0 aliphatic rings. The average molecular weight is 211 g/mol. The van der Waals surface area contributed by atoms with Gasteiger partial charge in [-0.05, 0) is 19.9 Å². The van der Waals surface area contributed by atoms with Gasteiger partial charge < -0.3 is 10.1 Å². The van der Waals surface area contributed by atoms with Crippen LogP contribution in [0.3, 0.4) is 0 Å². The molecule has 1 heterocycles. The summed E-state index contributed by atoms with van der Waals surface area (Å²) in [5, 5.41) is 7.46. The normalized spacial score (nSPS) is 12.7. The van der Waals surface area contributed by atoms with E-state index in [4.69, 9.17) is 4.74 Å². The van der Waals surface area contributed by atoms with E-state index in [2.05, 4.69) is 31.2 Å². The highest BCUT2D eigenvalue weighted by molar-refractivity contribution is 5.12. The van der Waals surface area contributed by atoms with E-state index in [9.17, 15) is 0 Å². The van der Waals surface area contributed by atoms with Gasteiger partial charge in [0.1, 0.15) is 6.10 Å². The molecule has 4 heteroatoms. The standard InChI is InChI=1S/C11H21N3O/c1-4-10(7-12-5-2)15-11-8-13-14(6-3)9-11/h8-10,12H,4-7H2,1-3H3. The Balaban J connectivity index is 2.43. The summed E-state index contributed by atoms with van der Waals surface area (Å²) in [6, 6.07) is 0. The van der Waals surface area contributed by atoms with Crippen LogP contribution in [0.5, 0.6) is 5.75 Å². The molecule has 0 fully saturated rings. The summed E-state index contributed by atoms with van der Waals surface area (Å²) < 4.78 is 7.67. The third-order valence-electron chi connectivity index (χ3n) is 2.31. The van der Waals surface area contributed by atoms with Crippen LogP contribution in [0.15, 0.2) is 12.4 Å². The van der Waals surface area contributed by atoms with Gasteiger partial charge in [-0.25, -0.2) is 0 Å². The summed E-state index contributed by atoms with van der Waals surface area (Å²) in [6.45, 7) is 9.05. The molecule has 1 unspecified atom stereocenters. The third kappa shape index (κ3) is 3.91. The Kier molecular flexibility index (Phi) is 5.18. The Labute approximate surface area is 91.6 Å². The van der Waals surface area contributed by atoms with Crippen LogP contribution in [0.2, 0.25) is 0 Å². The van der Waals surface area contributed by atoms with Gasteiger partial charge >= 0.3 is 0 Å². The van der Waals surface area contributed by atoms with E-state index in [1.807, 2.05) is 10.9 Å². The van der Waals surface area contributed by atoms with Crippen molar-refractivity contribution < 1.29 is 4.74 Å². The van der Waals surface area contributed by atoms with E-state index < -0.39 is 0 Å². The molecule has 0 aromatic carbocycles. The molecule has 1 atom stereocenters. The van der Waals surface area contributed by atoms with Gasteiger partial charge in [-0.3, -0.25) is 4.68 Å². The summed E-state index contributed by atoms with van der Waals surface area (Å²) in [6.07, 6.45) is 4.95. The maximum Gasteiger partial charge on any atom is 0.157 e. The summed E-state index contributed by atoms with van der Waals surface area (Å²) >= 11 is 0. The molecule has 1 N–H and O–H groups in total. The van der Waals surface area contributed by atoms with Crippen molar-refractivity contribution in [3.63, 3.8) is 0 Å². The zero-order valence-electron chi connectivity index (χ0n) is 9.86. The lowest BCUT2D eigenvalue weighted by Gasteiger charge is -2.16. The van der Waals surface area contributed by atoms with Gasteiger partial charge in [0.15, 0.2) is 5.75 Å². The highest BCUT2D eigenvalue weighted by atomic mass is 16.5. The first kappa shape index (κ1) is 12.0. The second-order valence-electron chi connectivity index (χ2n) is 3.49. The van der Waals surface area contributed by atoms with Crippen LogP contribution in [0.1, 0.15) is 27.2 Å². The average Bonchev–Trinajstić information content (AvgIpc) is 2.71. The molecular formula is C11H21N3O. The van der Waals surface area contributed by atoms with Crippen LogP contribution < -0.4 is 10.1 Å². The molecule has 0 aliphatic carbocycles. The fourth-order valence-corrected chi connectivity index (χ4v) is 1.35. The smallest absolute Gasteiger partial charge is 0.157 e. The summed E-state index contributed by atoms with van der Waals surface area (Å²) in [7, 11) is 0. The largest absolute Gasteiger partial charge is 0.486 e. The van der Waals surface area contributed by atoms with Crippen LogP contribution in [-0.2, 0) is 6.54 Å². The van der Waals surface area contributed by atoms with Crippen molar-refractivity contribution in [2.45, 2.75) is 39.8 Å². The topological polar surface area (TPSA) is 39.1 Å². The third-order valence-corrected chi connectivity index (χ3v) is 2.31. The second kappa shape index (κ2) is 6.45.